The van der Waals surface area contributed by atoms with Crippen LogP contribution in [-0.4, -0.2) is 61.1 Å². The lowest BCUT2D eigenvalue weighted by Crippen LogP contribution is -2.45. The topological polar surface area (TPSA) is 96.0 Å². The highest BCUT2D eigenvalue weighted by molar-refractivity contribution is 14.0. The van der Waals surface area contributed by atoms with Gasteiger partial charge in [0, 0.05) is 13.1 Å². The Morgan fingerprint density at radius 3 is 2.38 bits per heavy atom. The molecule has 21 heavy (non-hydrogen) atoms. The summed E-state index contributed by atoms with van der Waals surface area (Å²) in [5.74, 6) is 1.28. The zero-order valence-electron chi connectivity index (χ0n) is 12.5. The molecule has 0 aliphatic carbocycles. The second kappa shape index (κ2) is 7.45. The third-order valence-corrected chi connectivity index (χ3v) is 6.05. The van der Waals surface area contributed by atoms with Crippen molar-refractivity contribution >= 4 is 39.8 Å². The fourth-order valence-corrected chi connectivity index (χ4v) is 4.23. The summed E-state index contributed by atoms with van der Waals surface area (Å²) >= 11 is 0. The van der Waals surface area contributed by atoms with Crippen molar-refractivity contribution < 1.29 is 13.5 Å². The first kappa shape index (κ1) is 19.0. The molecule has 2 aliphatic rings. The Morgan fingerprint density at radius 2 is 1.86 bits per heavy atom. The van der Waals surface area contributed by atoms with Crippen LogP contribution in [0.1, 0.15) is 32.6 Å². The van der Waals surface area contributed by atoms with Crippen LogP contribution in [0.15, 0.2) is 4.99 Å². The number of guanidine groups is 1. The van der Waals surface area contributed by atoms with Crippen LogP contribution >= 0.6 is 24.0 Å². The Kier molecular flexibility index (Phi) is 6.73. The van der Waals surface area contributed by atoms with Crippen LogP contribution in [-0.2, 0) is 9.84 Å². The number of nitrogens with zero attached hydrogens (tertiary/aromatic N) is 2. The Labute approximate surface area is 144 Å². The van der Waals surface area contributed by atoms with Crippen LogP contribution in [0.3, 0.4) is 0 Å². The average Bonchev–Trinajstić information content (AvgIpc) is 2.41. The third kappa shape index (κ3) is 5.55. The number of aliphatic hydroxyl groups is 1. The highest BCUT2D eigenvalue weighted by Gasteiger charge is 2.35. The van der Waals surface area contributed by atoms with Crippen molar-refractivity contribution in [1.29, 1.82) is 0 Å². The molecule has 3 N–H and O–H groups in total. The summed E-state index contributed by atoms with van der Waals surface area (Å²) in [6, 6.07) is 0. The molecule has 2 rings (SSSR count). The van der Waals surface area contributed by atoms with E-state index in [1.807, 2.05) is 4.90 Å². The maximum absolute atomic E-state index is 11.4. The number of hydrogen-bond donors (Lipinski definition) is 2. The third-order valence-electron chi connectivity index (χ3n) is 4.40. The molecule has 6 nitrogen and oxygen atoms in total. The molecule has 0 aromatic carbocycles. The molecule has 0 spiro atoms. The molecular weight excluding hydrogens is 405 g/mol. The molecule has 2 saturated heterocycles. The van der Waals surface area contributed by atoms with Crippen LogP contribution in [0, 0.1) is 5.92 Å². The van der Waals surface area contributed by atoms with Gasteiger partial charge in [-0.3, -0.25) is 4.99 Å². The van der Waals surface area contributed by atoms with E-state index < -0.39 is 15.4 Å². The molecule has 0 aromatic heterocycles. The lowest BCUT2D eigenvalue weighted by molar-refractivity contribution is 0.0395. The smallest absolute Gasteiger partial charge is 0.191 e. The van der Waals surface area contributed by atoms with Crippen molar-refractivity contribution in [2.45, 2.75) is 38.2 Å². The number of nitrogens with two attached hydrogens (primary N) is 1. The number of halogens is 1. The van der Waals surface area contributed by atoms with Crippen molar-refractivity contribution in [2.24, 2.45) is 16.6 Å². The van der Waals surface area contributed by atoms with E-state index in [-0.39, 0.29) is 54.9 Å². The van der Waals surface area contributed by atoms with Gasteiger partial charge in [-0.15, -0.1) is 24.0 Å². The number of aliphatic imine (C=N–C) groups is 1. The zero-order valence-corrected chi connectivity index (χ0v) is 15.6. The first-order chi connectivity index (χ1) is 9.30. The number of hydrogen-bond acceptors (Lipinski definition) is 4. The van der Waals surface area contributed by atoms with Crippen LogP contribution < -0.4 is 5.73 Å². The minimum absolute atomic E-state index is 0. The summed E-state index contributed by atoms with van der Waals surface area (Å²) in [6.07, 6.45) is 2.73. The molecule has 0 unspecified atom stereocenters. The number of piperidine rings is 1. The molecule has 0 saturated carbocycles. The molecule has 0 bridgehead atoms. The van der Waals surface area contributed by atoms with Crippen LogP contribution in [0.5, 0.6) is 0 Å². The van der Waals surface area contributed by atoms with Gasteiger partial charge in [0.1, 0.15) is 0 Å². The summed E-state index contributed by atoms with van der Waals surface area (Å²) < 4.78 is 22.7. The van der Waals surface area contributed by atoms with Gasteiger partial charge >= 0.3 is 0 Å². The number of sulfone groups is 1. The van der Waals surface area contributed by atoms with E-state index in [0.29, 0.717) is 5.96 Å². The van der Waals surface area contributed by atoms with Crippen molar-refractivity contribution in [2.75, 3.05) is 31.1 Å². The fourth-order valence-electron chi connectivity index (χ4n) is 2.64. The Balaban J connectivity index is 0.00000220. The lowest BCUT2D eigenvalue weighted by atomic mass is 9.97. The molecule has 2 heterocycles. The highest BCUT2D eigenvalue weighted by Crippen LogP contribution is 2.24. The van der Waals surface area contributed by atoms with Gasteiger partial charge in [0.25, 0.3) is 0 Å². The van der Waals surface area contributed by atoms with Gasteiger partial charge in [0.2, 0.25) is 0 Å². The molecule has 0 radical (unpaired) electrons. The monoisotopic (exact) mass is 431 g/mol. The van der Waals surface area contributed by atoms with E-state index in [1.165, 1.54) is 0 Å². The van der Waals surface area contributed by atoms with E-state index in [4.69, 9.17) is 5.73 Å². The molecule has 0 atom stereocenters. The van der Waals surface area contributed by atoms with Crippen molar-refractivity contribution in [3.63, 3.8) is 0 Å². The van der Waals surface area contributed by atoms with Crippen LogP contribution in [0.4, 0.5) is 0 Å². The average molecular weight is 431 g/mol. The van der Waals surface area contributed by atoms with E-state index in [2.05, 4.69) is 11.9 Å². The number of likely N-dealkylation sites (tertiary alicyclic amines) is 1. The van der Waals surface area contributed by atoms with Crippen molar-refractivity contribution in [3.8, 4) is 0 Å². The summed E-state index contributed by atoms with van der Waals surface area (Å²) in [6.45, 7) is 4.24. The van der Waals surface area contributed by atoms with Gasteiger partial charge in [0.05, 0.1) is 23.7 Å². The van der Waals surface area contributed by atoms with Gasteiger partial charge in [-0.05, 0) is 31.6 Å². The fraction of sp³-hybridized carbons (Fsp3) is 0.923. The van der Waals surface area contributed by atoms with Crippen LogP contribution in [0.25, 0.3) is 0 Å². The molecular formula is C13H26IN3O3S. The van der Waals surface area contributed by atoms with Gasteiger partial charge < -0.3 is 15.7 Å². The van der Waals surface area contributed by atoms with Crippen LogP contribution in [0.2, 0.25) is 0 Å². The molecule has 0 amide bonds. The normalized spacial score (nSPS) is 26.2. The Bertz CT molecular complexity index is 459. The molecule has 2 fully saturated rings. The minimum atomic E-state index is -2.97. The molecule has 2 aliphatic heterocycles. The molecule has 0 aromatic rings. The van der Waals surface area contributed by atoms with Crippen molar-refractivity contribution in [1.82, 2.24) is 4.90 Å². The van der Waals surface area contributed by atoms with Gasteiger partial charge in [-0.2, -0.15) is 0 Å². The summed E-state index contributed by atoms with van der Waals surface area (Å²) in [5.41, 5.74) is 4.95. The minimum Gasteiger partial charge on any atom is -0.388 e. The standard InChI is InChI=1S/C13H25N3O3S.HI/c1-11-2-6-16(7-3-11)12(14)15-10-13(17)4-8-20(18,19)9-5-13;/h11,17H,2-10H2,1H3,(H2,14,15);1H. The van der Waals surface area contributed by atoms with Gasteiger partial charge in [-0.1, -0.05) is 6.92 Å². The highest BCUT2D eigenvalue weighted by atomic mass is 127. The number of rotatable bonds is 2. The summed E-state index contributed by atoms with van der Waals surface area (Å²) in [7, 11) is -2.97. The predicted octanol–water partition coefficient (Wildman–Crippen LogP) is 0.591. The maximum Gasteiger partial charge on any atom is 0.191 e. The Hall–Kier alpha value is -0.0900. The van der Waals surface area contributed by atoms with E-state index >= 15 is 0 Å². The molecule has 8 heteroatoms. The Morgan fingerprint density at radius 1 is 1.33 bits per heavy atom. The summed E-state index contributed by atoms with van der Waals surface area (Å²) in [5, 5.41) is 10.3. The largest absolute Gasteiger partial charge is 0.388 e. The first-order valence-electron chi connectivity index (χ1n) is 7.27. The second-order valence-corrected chi connectivity index (χ2v) is 8.52. The quantitative estimate of drug-likeness (QED) is 0.379. The first-order valence-corrected chi connectivity index (χ1v) is 9.09. The summed E-state index contributed by atoms with van der Waals surface area (Å²) in [4.78, 5) is 6.34. The van der Waals surface area contributed by atoms with E-state index in [0.717, 1.165) is 31.8 Å². The van der Waals surface area contributed by atoms with Crippen molar-refractivity contribution in [3.05, 3.63) is 0 Å². The van der Waals surface area contributed by atoms with E-state index in [9.17, 15) is 13.5 Å². The van der Waals surface area contributed by atoms with E-state index in [1.54, 1.807) is 0 Å². The predicted molar refractivity (Wildman–Crippen MR) is 94.7 cm³/mol. The van der Waals surface area contributed by atoms with Gasteiger partial charge in [-0.25, -0.2) is 8.42 Å². The molecule has 124 valence electrons. The zero-order chi connectivity index (χ0) is 14.8. The maximum atomic E-state index is 11.4. The SMILES string of the molecule is CC1CCN(C(N)=NCC2(O)CCS(=O)(=O)CC2)CC1.I. The second-order valence-electron chi connectivity index (χ2n) is 6.22. The van der Waals surface area contributed by atoms with Gasteiger partial charge in [0.15, 0.2) is 15.8 Å². The lowest BCUT2D eigenvalue weighted by Gasteiger charge is -2.33.